The van der Waals surface area contributed by atoms with E-state index in [1.807, 2.05) is 37.3 Å². The molecule has 1 aliphatic carbocycles. The number of allylic oxidation sites excluding steroid dienone is 2. The van der Waals surface area contributed by atoms with Gasteiger partial charge in [0.05, 0.1) is 25.3 Å². The van der Waals surface area contributed by atoms with E-state index in [-0.39, 0.29) is 12.0 Å². The molecule has 0 saturated heterocycles. The van der Waals surface area contributed by atoms with Crippen LogP contribution in [0.15, 0.2) is 54.6 Å². The Kier molecular flexibility index (Phi) is 4.41. The molecule has 0 fully saturated rings. The number of rotatable bonds is 4. The molecule has 0 aromatic heterocycles. The van der Waals surface area contributed by atoms with Crippen LogP contribution in [0.5, 0.6) is 5.75 Å². The molecule has 26 heavy (non-hydrogen) atoms. The van der Waals surface area contributed by atoms with E-state index >= 15 is 0 Å². The van der Waals surface area contributed by atoms with Crippen molar-refractivity contribution in [2.45, 2.75) is 25.3 Å². The van der Waals surface area contributed by atoms with Crippen molar-refractivity contribution < 1.29 is 14.3 Å². The number of hydrogen-bond donors (Lipinski definition) is 1. The second-order valence-electron chi connectivity index (χ2n) is 6.77. The molecule has 4 heteroatoms. The zero-order chi connectivity index (χ0) is 18.1. The number of esters is 1. The van der Waals surface area contributed by atoms with Crippen LogP contribution in [0, 0.1) is 5.92 Å². The van der Waals surface area contributed by atoms with Gasteiger partial charge in [0.1, 0.15) is 5.75 Å². The van der Waals surface area contributed by atoms with Gasteiger partial charge in [-0.3, -0.25) is 0 Å². The number of anilines is 1. The standard InChI is InChI=1S/C22H23NO3/c1-3-26-22(24)15-10-11-20-19(13-15)17-8-5-9-18(17)21(23-20)14-6-4-7-16(12-14)25-2/h4-8,10-13,17-18,21,23H,3,9H2,1-2H3/t17-,18+,21-/m1/s1. The van der Waals surface area contributed by atoms with Crippen molar-refractivity contribution in [1.82, 2.24) is 0 Å². The van der Waals surface area contributed by atoms with Gasteiger partial charge in [-0.2, -0.15) is 0 Å². The first-order chi connectivity index (χ1) is 12.7. The number of carbonyl (C=O) groups is 1. The molecule has 0 radical (unpaired) electrons. The van der Waals surface area contributed by atoms with E-state index in [0.29, 0.717) is 24.0 Å². The second kappa shape index (κ2) is 6.87. The lowest BCUT2D eigenvalue weighted by atomic mass is 9.76. The fourth-order valence-electron chi connectivity index (χ4n) is 4.10. The molecule has 0 bridgehead atoms. The highest BCUT2D eigenvalue weighted by atomic mass is 16.5. The Morgan fingerprint density at radius 2 is 2.12 bits per heavy atom. The lowest BCUT2D eigenvalue weighted by molar-refractivity contribution is 0.0526. The number of methoxy groups -OCH3 is 1. The summed E-state index contributed by atoms with van der Waals surface area (Å²) in [5.41, 5.74) is 4.10. The normalized spacial score (nSPS) is 22.9. The van der Waals surface area contributed by atoms with Gasteiger partial charge in [-0.25, -0.2) is 4.79 Å². The molecule has 1 N–H and O–H groups in total. The Morgan fingerprint density at radius 1 is 1.23 bits per heavy atom. The zero-order valence-electron chi connectivity index (χ0n) is 15.1. The number of ether oxygens (including phenoxy) is 2. The third-order valence-corrected chi connectivity index (χ3v) is 5.33. The average Bonchev–Trinajstić information content (AvgIpc) is 3.17. The van der Waals surface area contributed by atoms with Gasteiger partial charge in [0.25, 0.3) is 0 Å². The van der Waals surface area contributed by atoms with Crippen molar-refractivity contribution in [3.05, 3.63) is 71.3 Å². The Morgan fingerprint density at radius 3 is 2.92 bits per heavy atom. The largest absolute Gasteiger partial charge is 0.497 e. The van der Waals surface area contributed by atoms with Gasteiger partial charge in [-0.15, -0.1) is 0 Å². The first kappa shape index (κ1) is 16.7. The predicted octanol–water partition coefficient (Wildman–Crippen LogP) is 4.70. The van der Waals surface area contributed by atoms with Crippen LogP contribution in [0.3, 0.4) is 0 Å². The highest BCUT2D eigenvalue weighted by Gasteiger charge is 2.38. The van der Waals surface area contributed by atoms with E-state index < -0.39 is 0 Å². The highest BCUT2D eigenvalue weighted by Crippen LogP contribution is 2.50. The van der Waals surface area contributed by atoms with E-state index in [9.17, 15) is 4.79 Å². The molecule has 4 nitrogen and oxygen atoms in total. The lowest BCUT2D eigenvalue weighted by Crippen LogP contribution is -2.29. The van der Waals surface area contributed by atoms with Gasteiger partial charge >= 0.3 is 5.97 Å². The Labute approximate surface area is 153 Å². The molecule has 4 rings (SSSR count). The summed E-state index contributed by atoms with van der Waals surface area (Å²) < 4.78 is 10.6. The van der Waals surface area contributed by atoms with Crippen LogP contribution in [0.4, 0.5) is 5.69 Å². The first-order valence-corrected chi connectivity index (χ1v) is 9.09. The minimum Gasteiger partial charge on any atom is -0.497 e. The van der Waals surface area contributed by atoms with Crippen LogP contribution in [-0.2, 0) is 4.74 Å². The molecule has 1 heterocycles. The van der Waals surface area contributed by atoms with Crippen LogP contribution in [0.25, 0.3) is 0 Å². The van der Waals surface area contributed by atoms with Gasteiger partial charge in [0, 0.05) is 11.6 Å². The van der Waals surface area contributed by atoms with Crippen LogP contribution < -0.4 is 10.1 Å². The van der Waals surface area contributed by atoms with E-state index in [4.69, 9.17) is 9.47 Å². The average molecular weight is 349 g/mol. The quantitative estimate of drug-likeness (QED) is 0.642. The SMILES string of the molecule is CCOC(=O)c1ccc2c(c1)[C@@H]1C=CC[C@@H]1[C@@H](c1cccc(OC)c1)N2. The van der Waals surface area contributed by atoms with Gasteiger partial charge in [0.2, 0.25) is 0 Å². The monoisotopic (exact) mass is 349 g/mol. The first-order valence-electron chi connectivity index (χ1n) is 9.09. The minimum atomic E-state index is -0.260. The lowest BCUT2D eigenvalue weighted by Gasteiger charge is -2.37. The number of hydrogen-bond acceptors (Lipinski definition) is 4. The van der Waals surface area contributed by atoms with Crippen molar-refractivity contribution in [2.75, 3.05) is 19.0 Å². The summed E-state index contributed by atoms with van der Waals surface area (Å²) in [6.45, 7) is 2.21. The fourth-order valence-corrected chi connectivity index (χ4v) is 4.10. The number of nitrogens with one attached hydrogen (secondary N) is 1. The molecular weight excluding hydrogens is 326 g/mol. The van der Waals surface area contributed by atoms with Gasteiger partial charge in [0.15, 0.2) is 0 Å². The predicted molar refractivity (Wildman–Crippen MR) is 102 cm³/mol. The van der Waals surface area contributed by atoms with Crippen molar-refractivity contribution in [3.8, 4) is 5.75 Å². The summed E-state index contributed by atoms with van der Waals surface area (Å²) in [6.07, 6.45) is 5.53. The topological polar surface area (TPSA) is 47.6 Å². The van der Waals surface area contributed by atoms with Crippen molar-refractivity contribution in [2.24, 2.45) is 5.92 Å². The zero-order valence-corrected chi connectivity index (χ0v) is 15.1. The molecule has 2 aliphatic rings. The van der Waals surface area contributed by atoms with E-state index in [0.717, 1.165) is 17.9 Å². The molecule has 2 aromatic carbocycles. The summed E-state index contributed by atoms with van der Waals surface area (Å²) in [4.78, 5) is 12.1. The van der Waals surface area contributed by atoms with E-state index in [1.54, 1.807) is 7.11 Å². The van der Waals surface area contributed by atoms with Gasteiger partial charge in [-0.05, 0) is 60.7 Å². The van der Waals surface area contributed by atoms with Crippen LogP contribution >= 0.6 is 0 Å². The van der Waals surface area contributed by atoms with Crippen LogP contribution in [0.2, 0.25) is 0 Å². The smallest absolute Gasteiger partial charge is 0.338 e. The Hall–Kier alpha value is -2.75. The summed E-state index contributed by atoms with van der Waals surface area (Å²) in [6, 6.07) is 14.3. The summed E-state index contributed by atoms with van der Waals surface area (Å²) in [5, 5.41) is 3.69. The Bertz CT molecular complexity index is 858. The molecule has 3 atom stereocenters. The number of fused-ring (bicyclic) bond motifs is 3. The third kappa shape index (κ3) is 2.85. The summed E-state index contributed by atoms with van der Waals surface area (Å²) >= 11 is 0. The highest BCUT2D eigenvalue weighted by molar-refractivity contribution is 5.90. The van der Waals surface area contributed by atoms with Crippen LogP contribution in [0.1, 0.15) is 46.8 Å². The van der Waals surface area contributed by atoms with Crippen molar-refractivity contribution in [1.29, 1.82) is 0 Å². The maximum atomic E-state index is 12.1. The molecule has 0 amide bonds. The molecule has 0 saturated carbocycles. The summed E-state index contributed by atoms with van der Waals surface area (Å²) in [5.74, 6) is 1.34. The summed E-state index contributed by atoms with van der Waals surface area (Å²) in [7, 11) is 1.69. The fraction of sp³-hybridized carbons (Fsp3) is 0.318. The molecule has 134 valence electrons. The third-order valence-electron chi connectivity index (χ3n) is 5.33. The van der Waals surface area contributed by atoms with E-state index in [2.05, 4.69) is 29.6 Å². The van der Waals surface area contributed by atoms with Gasteiger partial charge in [-0.1, -0.05) is 24.3 Å². The second-order valence-corrected chi connectivity index (χ2v) is 6.77. The van der Waals surface area contributed by atoms with Crippen LogP contribution in [-0.4, -0.2) is 19.7 Å². The van der Waals surface area contributed by atoms with Crippen molar-refractivity contribution >= 4 is 11.7 Å². The molecule has 0 spiro atoms. The maximum Gasteiger partial charge on any atom is 0.338 e. The minimum absolute atomic E-state index is 0.214. The molecule has 1 aliphatic heterocycles. The number of carbonyl (C=O) groups excluding carboxylic acids is 1. The Balaban J connectivity index is 1.71. The van der Waals surface area contributed by atoms with Crippen molar-refractivity contribution in [3.63, 3.8) is 0 Å². The van der Waals surface area contributed by atoms with E-state index in [1.165, 1.54) is 11.1 Å². The maximum absolute atomic E-state index is 12.1. The molecule has 0 unspecified atom stereocenters. The molecular formula is C22H23NO3. The van der Waals surface area contributed by atoms with Gasteiger partial charge < -0.3 is 14.8 Å². The molecule has 2 aromatic rings. The number of benzene rings is 2.